The van der Waals surface area contributed by atoms with Crippen LogP contribution in [0.1, 0.15) is 11.3 Å². The number of aryl methyl sites for hydroxylation is 1. The molecule has 1 N–H and O–H groups in total. The molecule has 31 heavy (non-hydrogen) atoms. The quantitative estimate of drug-likeness (QED) is 0.467. The number of carbonyl (C=O) groups excluding carboxylic acids is 1. The highest BCUT2D eigenvalue weighted by Crippen LogP contribution is 2.20. The van der Waals surface area contributed by atoms with Gasteiger partial charge in [0, 0.05) is 30.6 Å². The molecular formula is C23H20N6O2. The zero-order chi connectivity index (χ0) is 21.5. The lowest BCUT2D eigenvalue weighted by Crippen LogP contribution is -2.07. The minimum Gasteiger partial charge on any atom is -0.487 e. The van der Waals surface area contributed by atoms with E-state index in [4.69, 9.17) is 4.74 Å². The number of nitrogens with one attached hydrogen (secondary N) is 1. The second-order valence-electron chi connectivity index (χ2n) is 6.71. The summed E-state index contributed by atoms with van der Waals surface area (Å²) >= 11 is 0. The Morgan fingerprint density at radius 3 is 2.71 bits per heavy atom. The van der Waals surface area contributed by atoms with Gasteiger partial charge in [-0.25, -0.2) is 4.68 Å². The van der Waals surface area contributed by atoms with Crippen LogP contribution in [0.3, 0.4) is 0 Å². The van der Waals surface area contributed by atoms with Crippen molar-refractivity contribution >= 4 is 17.7 Å². The van der Waals surface area contributed by atoms with Crippen LogP contribution in [0, 0.1) is 0 Å². The average Bonchev–Trinajstić information content (AvgIpc) is 3.24. The van der Waals surface area contributed by atoms with Gasteiger partial charge in [0.05, 0.1) is 5.69 Å². The molecule has 0 radical (unpaired) electrons. The summed E-state index contributed by atoms with van der Waals surface area (Å²) in [5.41, 5.74) is 3.23. The van der Waals surface area contributed by atoms with E-state index in [1.165, 1.54) is 6.08 Å². The maximum absolute atomic E-state index is 12.3. The number of amides is 1. The molecule has 2 aromatic heterocycles. The Morgan fingerprint density at radius 2 is 1.97 bits per heavy atom. The molecule has 154 valence electrons. The Bertz CT molecular complexity index is 1190. The van der Waals surface area contributed by atoms with E-state index in [0.717, 1.165) is 22.6 Å². The van der Waals surface area contributed by atoms with Crippen LogP contribution in [0.4, 0.5) is 5.69 Å². The van der Waals surface area contributed by atoms with Gasteiger partial charge in [-0.05, 0) is 58.5 Å². The van der Waals surface area contributed by atoms with E-state index in [2.05, 4.69) is 25.8 Å². The summed E-state index contributed by atoms with van der Waals surface area (Å²) in [7, 11) is 1.76. The zero-order valence-electron chi connectivity index (χ0n) is 16.8. The molecule has 4 rings (SSSR count). The molecule has 0 unspecified atom stereocenters. The topological polar surface area (TPSA) is 94.8 Å². The second kappa shape index (κ2) is 9.45. The average molecular weight is 412 g/mol. The van der Waals surface area contributed by atoms with Gasteiger partial charge in [0.2, 0.25) is 5.91 Å². The first-order valence-electron chi connectivity index (χ1n) is 9.62. The summed E-state index contributed by atoms with van der Waals surface area (Å²) in [5.74, 6) is 1.13. The minimum atomic E-state index is -0.233. The van der Waals surface area contributed by atoms with Gasteiger partial charge in [0.1, 0.15) is 12.4 Å². The number of hydrogen-bond donors (Lipinski definition) is 1. The van der Waals surface area contributed by atoms with Gasteiger partial charge < -0.3 is 10.1 Å². The summed E-state index contributed by atoms with van der Waals surface area (Å²) in [5, 5.41) is 14.3. The SMILES string of the molecule is Cn1nnnc1-c1cccc(NC(=O)/C=C/c2ccc(OCc3ccccn3)cc2)c1. The molecule has 0 atom stereocenters. The number of anilines is 1. The molecule has 0 saturated heterocycles. The molecule has 1 amide bonds. The predicted molar refractivity (Wildman–Crippen MR) is 117 cm³/mol. The maximum Gasteiger partial charge on any atom is 0.248 e. The van der Waals surface area contributed by atoms with E-state index < -0.39 is 0 Å². The first kappa shape index (κ1) is 20.0. The van der Waals surface area contributed by atoms with Crippen LogP contribution in [-0.4, -0.2) is 31.1 Å². The predicted octanol–water partition coefficient (Wildman–Crippen LogP) is 3.50. The van der Waals surface area contributed by atoms with Gasteiger partial charge in [-0.1, -0.05) is 30.3 Å². The second-order valence-corrected chi connectivity index (χ2v) is 6.71. The highest BCUT2D eigenvalue weighted by molar-refractivity contribution is 6.02. The lowest BCUT2D eigenvalue weighted by molar-refractivity contribution is -0.111. The van der Waals surface area contributed by atoms with Crippen molar-refractivity contribution in [2.24, 2.45) is 7.05 Å². The lowest BCUT2D eigenvalue weighted by atomic mass is 10.2. The van der Waals surface area contributed by atoms with Gasteiger partial charge >= 0.3 is 0 Å². The van der Waals surface area contributed by atoms with E-state index in [1.807, 2.05) is 66.7 Å². The van der Waals surface area contributed by atoms with Crippen molar-refractivity contribution in [2.75, 3.05) is 5.32 Å². The fourth-order valence-electron chi connectivity index (χ4n) is 2.88. The first-order valence-corrected chi connectivity index (χ1v) is 9.62. The molecule has 0 spiro atoms. The summed E-state index contributed by atoms with van der Waals surface area (Å²) in [6.07, 6.45) is 4.97. The van der Waals surface area contributed by atoms with Crippen LogP contribution in [0.25, 0.3) is 17.5 Å². The number of carbonyl (C=O) groups is 1. The number of tetrazole rings is 1. The Hall–Kier alpha value is -4.33. The molecule has 8 nitrogen and oxygen atoms in total. The number of nitrogens with zero attached hydrogens (tertiary/aromatic N) is 5. The van der Waals surface area contributed by atoms with Crippen LogP contribution in [0.5, 0.6) is 5.75 Å². The molecule has 0 fully saturated rings. The summed E-state index contributed by atoms with van der Waals surface area (Å²) in [6, 6.07) is 20.6. The van der Waals surface area contributed by atoms with Crippen molar-refractivity contribution in [3.05, 3.63) is 90.3 Å². The number of rotatable bonds is 7. The number of pyridine rings is 1. The van der Waals surface area contributed by atoms with E-state index >= 15 is 0 Å². The smallest absolute Gasteiger partial charge is 0.248 e. The summed E-state index contributed by atoms with van der Waals surface area (Å²) < 4.78 is 7.29. The maximum atomic E-state index is 12.3. The van der Waals surface area contributed by atoms with Crippen LogP contribution in [0.2, 0.25) is 0 Å². The fraction of sp³-hybridized carbons (Fsp3) is 0.0870. The molecule has 4 aromatic rings. The van der Waals surface area contributed by atoms with E-state index in [-0.39, 0.29) is 5.91 Å². The molecule has 0 aliphatic heterocycles. The van der Waals surface area contributed by atoms with Gasteiger partial charge in [0.15, 0.2) is 5.82 Å². The zero-order valence-corrected chi connectivity index (χ0v) is 16.8. The monoisotopic (exact) mass is 412 g/mol. The molecule has 8 heteroatoms. The Morgan fingerprint density at radius 1 is 1.10 bits per heavy atom. The normalized spacial score (nSPS) is 10.9. The third-order valence-electron chi connectivity index (χ3n) is 4.43. The number of hydrogen-bond acceptors (Lipinski definition) is 6. The van der Waals surface area contributed by atoms with Crippen molar-refractivity contribution in [2.45, 2.75) is 6.61 Å². The van der Waals surface area contributed by atoms with E-state index in [9.17, 15) is 4.79 Å². The molecule has 2 heterocycles. The number of benzene rings is 2. The van der Waals surface area contributed by atoms with Crippen LogP contribution in [0.15, 0.2) is 79.0 Å². The van der Waals surface area contributed by atoms with Gasteiger partial charge in [-0.3, -0.25) is 9.78 Å². The van der Waals surface area contributed by atoms with E-state index in [1.54, 1.807) is 24.0 Å². The summed E-state index contributed by atoms with van der Waals surface area (Å²) in [4.78, 5) is 16.5. The van der Waals surface area contributed by atoms with Crippen LogP contribution < -0.4 is 10.1 Å². The Kier molecular flexibility index (Phi) is 6.08. The fourth-order valence-corrected chi connectivity index (χ4v) is 2.88. The molecule has 0 saturated carbocycles. The third-order valence-corrected chi connectivity index (χ3v) is 4.43. The highest BCUT2D eigenvalue weighted by atomic mass is 16.5. The van der Waals surface area contributed by atoms with Crippen molar-refractivity contribution in [3.63, 3.8) is 0 Å². The molecule has 0 bridgehead atoms. The summed E-state index contributed by atoms with van der Waals surface area (Å²) in [6.45, 7) is 0.405. The molecular weight excluding hydrogens is 392 g/mol. The number of ether oxygens (including phenoxy) is 1. The van der Waals surface area contributed by atoms with Crippen molar-refractivity contribution in [1.82, 2.24) is 25.2 Å². The lowest BCUT2D eigenvalue weighted by Gasteiger charge is -2.06. The molecule has 0 aliphatic carbocycles. The molecule has 0 aliphatic rings. The van der Waals surface area contributed by atoms with Crippen LogP contribution in [-0.2, 0) is 18.4 Å². The Labute approximate surface area is 179 Å². The highest BCUT2D eigenvalue weighted by Gasteiger charge is 2.07. The molecule has 2 aromatic carbocycles. The standard InChI is InChI=1S/C23H20N6O2/c1-29-23(26-27-28-29)18-5-4-7-19(15-18)25-22(30)13-10-17-8-11-21(12-9-17)31-16-20-6-2-3-14-24-20/h2-15H,16H2,1H3,(H,25,30)/b13-10+. The van der Waals surface area contributed by atoms with Crippen LogP contribution >= 0.6 is 0 Å². The van der Waals surface area contributed by atoms with Gasteiger partial charge in [0.25, 0.3) is 0 Å². The largest absolute Gasteiger partial charge is 0.487 e. The van der Waals surface area contributed by atoms with Gasteiger partial charge in [-0.15, -0.1) is 5.10 Å². The number of aromatic nitrogens is 5. The van der Waals surface area contributed by atoms with E-state index in [0.29, 0.717) is 18.1 Å². The van der Waals surface area contributed by atoms with Gasteiger partial charge in [-0.2, -0.15) is 0 Å². The van der Waals surface area contributed by atoms with Crippen molar-refractivity contribution in [3.8, 4) is 17.1 Å². The van der Waals surface area contributed by atoms with Crippen molar-refractivity contribution < 1.29 is 9.53 Å². The Balaban J connectivity index is 1.33. The van der Waals surface area contributed by atoms with Crippen molar-refractivity contribution in [1.29, 1.82) is 0 Å². The third kappa shape index (κ3) is 5.39. The first-order chi connectivity index (χ1) is 15.2. The minimum absolute atomic E-state index is 0.233.